The Morgan fingerprint density at radius 2 is 1.81 bits per heavy atom. The molecule has 0 aromatic heterocycles. The van der Waals surface area contributed by atoms with Crippen molar-refractivity contribution in [1.29, 1.82) is 0 Å². The van der Waals surface area contributed by atoms with Crippen LogP contribution in [0.2, 0.25) is 0 Å². The highest BCUT2D eigenvalue weighted by atomic mass is 32.2. The molecule has 0 bridgehead atoms. The zero-order valence-corrected chi connectivity index (χ0v) is 15.6. The number of nitrogens with one attached hydrogen (secondary N) is 2. The number of ether oxygens (including phenoxy) is 2. The van der Waals surface area contributed by atoms with E-state index in [2.05, 4.69) is 14.8 Å². The van der Waals surface area contributed by atoms with Crippen LogP contribution >= 0.6 is 0 Å². The van der Waals surface area contributed by atoms with Gasteiger partial charge in [-0.2, -0.15) is 0 Å². The summed E-state index contributed by atoms with van der Waals surface area (Å²) in [6.07, 6.45) is 0.872. The minimum atomic E-state index is -2.68. The molecule has 0 aliphatic rings. The Labute approximate surface area is 159 Å². The molecule has 1 unspecified atom stereocenters. The van der Waals surface area contributed by atoms with Crippen molar-refractivity contribution < 1.29 is 27.8 Å². The standard InChI is InChI=1S/C18H20N2O6S/c1-3-7-16(21)19-14-10-12(18(22)25-2)11-15(20-27(23)24)17(14)26-13-8-5-4-6-9-13/h4-6,8-11,20H,3,7H2,1-2H3,(H,19,21)(H,23,24)/p-1. The van der Waals surface area contributed by atoms with E-state index in [1.165, 1.54) is 19.2 Å². The molecule has 0 aliphatic carbocycles. The number of hydrogen-bond acceptors (Lipinski definition) is 6. The van der Waals surface area contributed by atoms with E-state index in [0.29, 0.717) is 12.2 Å². The quantitative estimate of drug-likeness (QED) is 0.527. The van der Waals surface area contributed by atoms with Crippen LogP contribution in [0, 0.1) is 0 Å². The monoisotopic (exact) mass is 391 g/mol. The van der Waals surface area contributed by atoms with Gasteiger partial charge in [-0.05, 0) is 30.7 Å². The highest BCUT2D eigenvalue weighted by Gasteiger charge is 2.19. The number of amides is 1. The topological polar surface area (TPSA) is 117 Å². The summed E-state index contributed by atoms with van der Waals surface area (Å²) in [5, 5.41) is 2.65. The summed E-state index contributed by atoms with van der Waals surface area (Å²) in [7, 11) is 1.20. The highest BCUT2D eigenvalue weighted by molar-refractivity contribution is 7.80. The molecule has 2 rings (SSSR count). The van der Waals surface area contributed by atoms with Gasteiger partial charge in [0, 0.05) is 17.7 Å². The zero-order valence-electron chi connectivity index (χ0n) is 14.8. The molecule has 0 saturated carbocycles. The summed E-state index contributed by atoms with van der Waals surface area (Å²) in [5.41, 5.74) is 0.188. The number of carbonyl (C=O) groups excluding carboxylic acids is 2. The van der Waals surface area contributed by atoms with Crippen molar-refractivity contribution in [2.75, 3.05) is 17.1 Å². The Bertz CT molecular complexity index is 841. The molecule has 0 radical (unpaired) electrons. The molecule has 27 heavy (non-hydrogen) atoms. The van der Waals surface area contributed by atoms with Gasteiger partial charge in [0.2, 0.25) is 5.91 Å². The van der Waals surface area contributed by atoms with Gasteiger partial charge in [0.1, 0.15) is 5.75 Å². The molecule has 0 heterocycles. The SMILES string of the molecule is CCCC(=O)Nc1cc(C(=O)OC)cc(NS(=O)[O-])c1Oc1ccccc1. The average molecular weight is 391 g/mol. The van der Waals surface area contributed by atoms with Crippen molar-refractivity contribution in [3.8, 4) is 11.5 Å². The second-order valence-corrected chi connectivity index (χ2v) is 6.12. The predicted octanol–water partition coefficient (Wildman–Crippen LogP) is 3.21. The van der Waals surface area contributed by atoms with E-state index >= 15 is 0 Å². The third-order valence-corrected chi connectivity index (χ3v) is 3.80. The van der Waals surface area contributed by atoms with Crippen molar-refractivity contribution in [2.45, 2.75) is 19.8 Å². The molecule has 2 aromatic rings. The number of benzene rings is 2. The lowest BCUT2D eigenvalue weighted by Gasteiger charge is -2.19. The third kappa shape index (κ3) is 5.80. The van der Waals surface area contributed by atoms with E-state index in [9.17, 15) is 18.4 Å². The normalized spacial score (nSPS) is 11.4. The molecular formula is C18H19N2O6S-. The van der Waals surface area contributed by atoms with Crippen LogP contribution in [0.15, 0.2) is 42.5 Å². The molecule has 144 valence electrons. The fraction of sp³-hybridized carbons (Fsp3) is 0.222. The van der Waals surface area contributed by atoms with Crippen LogP contribution in [0.25, 0.3) is 0 Å². The van der Waals surface area contributed by atoms with Gasteiger partial charge in [0.25, 0.3) is 0 Å². The Hall–Kier alpha value is -2.91. The minimum absolute atomic E-state index is 0.0121. The summed E-state index contributed by atoms with van der Waals surface area (Å²) in [6, 6.07) is 11.3. The van der Waals surface area contributed by atoms with Crippen molar-refractivity contribution in [3.63, 3.8) is 0 Å². The largest absolute Gasteiger partial charge is 0.755 e. The van der Waals surface area contributed by atoms with Gasteiger partial charge >= 0.3 is 5.97 Å². The first-order chi connectivity index (χ1) is 12.9. The van der Waals surface area contributed by atoms with Crippen LogP contribution in [-0.2, 0) is 20.8 Å². The summed E-state index contributed by atoms with van der Waals surface area (Å²) in [5.74, 6) is -0.504. The number of hydrogen-bond donors (Lipinski definition) is 2. The number of rotatable bonds is 8. The molecule has 1 amide bonds. The van der Waals surface area contributed by atoms with Gasteiger partial charge < -0.3 is 24.1 Å². The second-order valence-electron chi connectivity index (χ2n) is 5.44. The Kier molecular flexibility index (Phi) is 7.33. The molecule has 0 aliphatic heterocycles. The van der Waals surface area contributed by atoms with Crippen molar-refractivity contribution in [2.24, 2.45) is 0 Å². The molecule has 1 atom stereocenters. The van der Waals surface area contributed by atoms with Gasteiger partial charge in [-0.15, -0.1) is 0 Å². The summed E-state index contributed by atoms with van der Waals surface area (Å²) < 4.78 is 35.0. The van der Waals surface area contributed by atoms with Crippen LogP contribution in [0.5, 0.6) is 11.5 Å². The van der Waals surface area contributed by atoms with Crippen molar-refractivity contribution in [3.05, 3.63) is 48.0 Å². The van der Waals surface area contributed by atoms with E-state index < -0.39 is 17.2 Å². The van der Waals surface area contributed by atoms with Gasteiger partial charge in [0.05, 0.1) is 24.0 Å². The molecule has 9 heteroatoms. The first kappa shape index (κ1) is 20.4. The summed E-state index contributed by atoms with van der Waals surface area (Å²) in [6.45, 7) is 1.85. The average Bonchev–Trinajstić information content (AvgIpc) is 2.64. The fourth-order valence-electron chi connectivity index (χ4n) is 2.28. The van der Waals surface area contributed by atoms with Gasteiger partial charge in [-0.3, -0.25) is 9.00 Å². The third-order valence-electron chi connectivity index (χ3n) is 3.42. The highest BCUT2D eigenvalue weighted by Crippen LogP contribution is 2.39. The van der Waals surface area contributed by atoms with E-state index in [1.54, 1.807) is 30.3 Å². The fourth-order valence-corrected chi connectivity index (χ4v) is 2.61. The molecular weight excluding hydrogens is 372 g/mol. The summed E-state index contributed by atoms with van der Waals surface area (Å²) in [4.78, 5) is 24.0. The van der Waals surface area contributed by atoms with E-state index in [1.807, 2.05) is 6.92 Å². The van der Waals surface area contributed by atoms with E-state index in [0.717, 1.165) is 0 Å². The van der Waals surface area contributed by atoms with Crippen LogP contribution < -0.4 is 14.8 Å². The maximum Gasteiger partial charge on any atom is 0.338 e. The number of carbonyl (C=O) groups is 2. The van der Waals surface area contributed by atoms with Gasteiger partial charge in [0.15, 0.2) is 5.75 Å². The lowest BCUT2D eigenvalue weighted by atomic mass is 10.1. The van der Waals surface area contributed by atoms with Crippen LogP contribution in [-0.4, -0.2) is 27.7 Å². The number of methoxy groups -OCH3 is 1. The zero-order chi connectivity index (χ0) is 19.8. The second kappa shape index (κ2) is 9.70. The first-order valence-corrected chi connectivity index (χ1v) is 9.17. The Morgan fingerprint density at radius 3 is 2.41 bits per heavy atom. The maximum absolute atomic E-state index is 12.1. The predicted molar refractivity (Wildman–Crippen MR) is 100 cm³/mol. The molecule has 0 spiro atoms. The van der Waals surface area contributed by atoms with Gasteiger partial charge in [-0.25, -0.2) is 4.79 Å². The molecule has 0 fully saturated rings. The number of para-hydroxylation sites is 1. The smallest absolute Gasteiger partial charge is 0.338 e. The molecule has 2 N–H and O–H groups in total. The number of esters is 1. The molecule has 2 aromatic carbocycles. The van der Waals surface area contributed by atoms with Gasteiger partial charge in [-0.1, -0.05) is 25.1 Å². The number of anilines is 2. The van der Waals surface area contributed by atoms with E-state index in [-0.39, 0.29) is 35.0 Å². The first-order valence-electron chi connectivity index (χ1n) is 8.09. The van der Waals surface area contributed by atoms with E-state index in [4.69, 9.17) is 4.74 Å². The maximum atomic E-state index is 12.1. The molecule has 8 nitrogen and oxygen atoms in total. The van der Waals surface area contributed by atoms with Crippen molar-refractivity contribution >= 4 is 34.5 Å². The molecule has 0 saturated heterocycles. The van der Waals surface area contributed by atoms with Crippen molar-refractivity contribution in [1.82, 2.24) is 0 Å². The summed E-state index contributed by atoms with van der Waals surface area (Å²) >= 11 is -2.68. The van der Waals surface area contributed by atoms with Crippen LogP contribution in [0.4, 0.5) is 11.4 Å². The van der Waals surface area contributed by atoms with Crippen LogP contribution in [0.3, 0.4) is 0 Å². The van der Waals surface area contributed by atoms with Crippen LogP contribution in [0.1, 0.15) is 30.1 Å². The Morgan fingerprint density at radius 1 is 1.15 bits per heavy atom. The lowest BCUT2D eigenvalue weighted by molar-refractivity contribution is -0.116. The Balaban J connectivity index is 2.57. The minimum Gasteiger partial charge on any atom is -0.755 e. The lowest BCUT2D eigenvalue weighted by Crippen LogP contribution is -2.14.